The van der Waals surface area contributed by atoms with Gasteiger partial charge in [0.15, 0.2) is 0 Å². The van der Waals surface area contributed by atoms with E-state index in [0.29, 0.717) is 5.92 Å². The monoisotopic (exact) mass is 364 g/mol. The standard InChI is InChI=1S/C20H20N4OS/c21-17(25)15-7-4-10-24(15)19-16-14(12-5-2-1-3-6-12)11-26-20(16)23-18(22-19)13-8-9-13/h1-3,5-6,11,13,15H,4,7-10H2,(H2,21,25)/t15-/m0/s1. The number of nitrogens with zero attached hydrogens (tertiary/aromatic N) is 3. The molecule has 1 saturated carbocycles. The van der Waals surface area contributed by atoms with E-state index in [-0.39, 0.29) is 11.9 Å². The van der Waals surface area contributed by atoms with Crippen molar-refractivity contribution in [2.75, 3.05) is 11.4 Å². The number of rotatable bonds is 4. The Morgan fingerprint density at radius 2 is 1.96 bits per heavy atom. The Labute approximate surface area is 155 Å². The number of carbonyl (C=O) groups excluding carboxylic acids is 1. The van der Waals surface area contributed by atoms with Crippen molar-refractivity contribution in [3.8, 4) is 11.1 Å². The van der Waals surface area contributed by atoms with Crippen LogP contribution in [0.15, 0.2) is 35.7 Å². The van der Waals surface area contributed by atoms with Crippen LogP contribution < -0.4 is 10.6 Å². The molecule has 0 bridgehead atoms. The topological polar surface area (TPSA) is 72.1 Å². The van der Waals surface area contributed by atoms with E-state index in [9.17, 15) is 4.79 Å². The average Bonchev–Trinajstić information content (AvgIpc) is 3.23. The van der Waals surface area contributed by atoms with Crippen LogP contribution in [0.5, 0.6) is 0 Å². The third-order valence-corrected chi connectivity index (χ3v) is 6.18. The van der Waals surface area contributed by atoms with Crippen LogP contribution in [-0.2, 0) is 4.79 Å². The molecule has 1 aromatic carbocycles. The lowest BCUT2D eigenvalue weighted by atomic mass is 10.1. The van der Waals surface area contributed by atoms with Gasteiger partial charge in [0.2, 0.25) is 5.91 Å². The van der Waals surface area contributed by atoms with Gasteiger partial charge in [-0.05, 0) is 31.2 Å². The van der Waals surface area contributed by atoms with Crippen molar-refractivity contribution in [2.24, 2.45) is 5.73 Å². The summed E-state index contributed by atoms with van der Waals surface area (Å²) < 4.78 is 0. The zero-order chi connectivity index (χ0) is 17.7. The summed E-state index contributed by atoms with van der Waals surface area (Å²) in [7, 11) is 0. The summed E-state index contributed by atoms with van der Waals surface area (Å²) in [5.41, 5.74) is 7.97. The molecule has 1 aliphatic carbocycles. The van der Waals surface area contributed by atoms with Gasteiger partial charge < -0.3 is 10.6 Å². The lowest BCUT2D eigenvalue weighted by molar-refractivity contribution is -0.119. The van der Waals surface area contributed by atoms with Gasteiger partial charge in [-0.2, -0.15) is 0 Å². The van der Waals surface area contributed by atoms with Crippen LogP contribution in [0.2, 0.25) is 0 Å². The van der Waals surface area contributed by atoms with Crippen LogP contribution in [0, 0.1) is 0 Å². The Balaban J connectivity index is 1.73. The Bertz CT molecular complexity index is 980. The average molecular weight is 364 g/mol. The summed E-state index contributed by atoms with van der Waals surface area (Å²) in [4.78, 5) is 24.9. The maximum absolute atomic E-state index is 12.0. The number of primary amides is 1. The molecule has 2 aromatic heterocycles. The summed E-state index contributed by atoms with van der Waals surface area (Å²) in [6.45, 7) is 0.813. The highest BCUT2D eigenvalue weighted by Gasteiger charge is 2.34. The molecule has 5 rings (SSSR count). The van der Waals surface area contributed by atoms with Gasteiger partial charge in [0.05, 0.1) is 5.39 Å². The van der Waals surface area contributed by atoms with Crippen LogP contribution in [0.4, 0.5) is 5.82 Å². The highest BCUT2D eigenvalue weighted by Crippen LogP contribution is 2.44. The highest BCUT2D eigenvalue weighted by molar-refractivity contribution is 7.17. The van der Waals surface area contributed by atoms with Gasteiger partial charge in [0.25, 0.3) is 0 Å². The van der Waals surface area contributed by atoms with Crippen LogP contribution in [-0.4, -0.2) is 28.5 Å². The quantitative estimate of drug-likeness (QED) is 0.766. The summed E-state index contributed by atoms with van der Waals surface area (Å²) in [5.74, 6) is 2.01. The SMILES string of the molecule is NC(=O)[C@@H]1CCCN1c1nc(C2CC2)nc2scc(-c3ccccc3)c12. The fourth-order valence-corrected chi connectivity index (χ4v) is 4.77. The molecule has 1 aliphatic heterocycles. The molecular formula is C20H20N4OS. The molecule has 26 heavy (non-hydrogen) atoms. The molecule has 3 aromatic rings. The Kier molecular flexibility index (Phi) is 3.67. The zero-order valence-corrected chi connectivity index (χ0v) is 15.2. The van der Waals surface area contributed by atoms with Crippen molar-refractivity contribution >= 4 is 33.3 Å². The second-order valence-corrected chi connectivity index (χ2v) is 7.99. The lowest BCUT2D eigenvalue weighted by Crippen LogP contribution is -2.41. The summed E-state index contributed by atoms with van der Waals surface area (Å²) >= 11 is 1.66. The molecule has 1 atom stereocenters. The van der Waals surface area contributed by atoms with Crippen molar-refractivity contribution in [3.63, 3.8) is 0 Å². The molecule has 5 nitrogen and oxygen atoms in total. The van der Waals surface area contributed by atoms with Crippen LogP contribution >= 0.6 is 11.3 Å². The molecule has 0 spiro atoms. The summed E-state index contributed by atoms with van der Waals surface area (Å²) in [6, 6.07) is 10.0. The summed E-state index contributed by atoms with van der Waals surface area (Å²) in [6.07, 6.45) is 4.06. The van der Waals surface area contributed by atoms with Gasteiger partial charge in [0.1, 0.15) is 22.5 Å². The number of amides is 1. The first kappa shape index (κ1) is 15.8. The minimum absolute atomic E-state index is 0.265. The largest absolute Gasteiger partial charge is 0.368 e. The summed E-state index contributed by atoms with van der Waals surface area (Å²) in [5, 5.41) is 3.21. The fourth-order valence-electron chi connectivity index (χ4n) is 3.82. The number of anilines is 1. The van der Waals surface area contributed by atoms with E-state index in [1.165, 1.54) is 0 Å². The molecule has 0 radical (unpaired) electrons. The molecule has 2 N–H and O–H groups in total. The van der Waals surface area contributed by atoms with Crippen LogP contribution in [0.25, 0.3) is 21.3 Å². The van der Waals surface area contributed by atoms with Gasteiger partial charge in [-0.1, -0.05) is 30.3 Å². The van der Waals surface area contributed by atoms with Crippen molar-refractivity contribution in [1.29, 1.82) is 0 Å². The minimum Gasteiger partial charge on any atom is -0.368 e. The number of aromatic nitrogens is 2. The Hall–Kier alpha value is -2.47. The highest BCUT2D eigenvalue weighted by atomic mass is 32.1. The molecular weight excluding hydrogens is 344 g/mol. The maximum Gasteiger partial charge on any atom is 0.240 e. The van der Waals surface area contributed by atoms with E-state index >= 15 is 0 Å². The van der Waals surface area contributed by atoms with Gasteiger partial charge in [-0.25, -0.2) is 9.97 Å². The van der Waals surface area contributed by atoms with Crippen molar-refractivity contribution < 1.29 is 4.79 Å². The minimum atomic E-state index is -0.274. The molecule has 2 aliphatic rings. The number of carbonyl (C=O) groups is 1. The number of hydrogen-bond donors (Lipinski definition) is 1. The molecule has 0 unspecified atom stereocenters. The number of hydrogen-bond acceptors (Lipinski definition) is 5. The van der Waals surface area contributed by atoms with Gasteiger partial charge in [-0.15, -0.1) is 11.3 Å². The normalized spacial score (nSPS) is 20.0. The maximum atomic E-state index is 12.0. The Morgan fingerprint density at radius 1 is 1.15 bits per heavy atom. The zero-order valence-electron chi connectivity index (χ0n) is 14.4. The van der Waals surface area contributed by atoms with Crippen molar-refractivity contribution in [3.05, 3.63) is 41.5 Å². The smallest absolute Gasteiger partial charge is 0.240 e. The predicted molar refractivity (Wildman–Crippen MR) is 104 cm³/mol. The third-order valence-electron chi connectivity index (χ3n) is 5.31. The molecule has 132 valence electrons. The van der Waals surface area contributed by atoms with E-state index in [2.05, 4.69) is 22.4 Å². The molecule has 1 amide bonds. The van der Waals surface area contributed by atoms with Crippen LogP contribution in [0.1, 0.15) is 37.4 Å². The molecule has 6 heteroatoms. The first-order valence-electron chi connectivity index (χ1n) is 9.13. The number of benzene rings is 1. The second kappa shape index (κ2) is 6.06. The third kappa shape index (κ3) is 2.56. The first-order chi connectivity index (χ1) is 12.7. The van der Waals surface area contributed by atoms with E-state index in [1.807, 2.05) is 18.2 Å². The molecule has 2 fully saturated rings. The van der Waals surface area contributed by atoms with Gasteiger partial charge >= 0.3 is 0 Å². The molecule has 3 heterocycles. The predicted octanol–water partition coefficient (Wildman–Crippen LogP) is 3.69. The Morgan fingerprint density at radius 3 is 2.69 bits per heavy atom. The first-order valence-corrected chi connectivity index (χ1v) is 10.0. The van der Waals surface area contributed by atoms with Gasteiger partial charge in [0, 0.05) is 23.4 Å². The molecule has 1 saturated heterocycles. The number of fused-ring (bicyclic) bond motifs is 1. The van der Waals surface area contributed by atoms with E-state index in [0.717, 1.165) is 65.2 Å². The van der Waals surface area contributed by atoms with E-state index in [1.54, 1.807) is 11.3 Å². The van der Waals surface area contributed by atoms with Gasteiger partial charge in [-0.3, -0.25) is 4.79 Å². The van der Waals surface area contributed by atoms with Crippen molar-refractivity contribution in [2.45, 2.75) is 37.6 Å². The van der Waals surface area contributed by atoms with Crippen molar-refractivity contribution in [1.82, 2.24) is 9.97 Å². The number of thiophene rings is 1. The lowest BCUT2D eigenvalue weighted by Gasteiger charge is -2.25. The second-order valence-electron chi connectivity index (χ2n) is 7.13. The number of nitrogens with two attached hydrogens (primary N) is 1. The fraction of sp³-hybridized carbons (Fsp3) is 0.350. The van der Waals surface area contributed by atoms with E-state index in [4.69, 9.17) is 15.7 Å². The van der Waals surface area contributed by atoms with E-state index < -0.39 is 0 Å². The van der Waals surface area contributed by atoms with Crippen LogP contribution in [0.3, 0.4) is 0 Å².